The molecule has 0 saturated carbocycles. The van der Waals surface area contributed by atoms with Gasteiger partial charge in [-0.1, -0.05) is 12.1 Å². The fraction of sp³-hybridized carbons (Fsp3) is 0.0769. The van der Waals surface area contributed by atoms with Crippen LogP contribution in [0, 0.1) is 18.5 Å². The van der Waals surface area contributed by atoms with Crippen LogP contribution in [0.5, 0.6) is 5.75 Å². The van der Waals surface area contributed by atoms with Crippen LogP contribution in [0.2, 0.25) is 0 Å². The maximum Gasteiger partial charge on any atom is 0.335 e. The Morgan fingerprint density at radius 1 is 1.14 bits per heavy atom. The lowest BCUT2D eigenvalue weighted by atomic mass is 10.1. The number of aromatic carboxylic acids is 1. The highest BCUT2D eigenvalue weighted by Crippen LogP contribution is 2.35. The van der Waals surface area contributed by atoms with Crippen molar-refractivity contribution in [2.45, 2.75) is 6.61 Å². The van der Waals surface area contributed by atoms with Crippen molar-refractivity contribution < 1.29 is 19.4 Å². The van der Waals surface area contributed by atoms with Crippen LogP contribution in [0.3, 0.4) is 0 Å². The Morgan fingerprint density at radius 2 is 1.78 bits per heavy atom. The van der Waals surface area contributed by atoms with Crippen molar-refractivity contribution in [3.63, 3.8) is 0 Å². The quantitative estimate of drug-likeness (QED) is 0.238. The van der Waals surface area contributed by atoms with E-state index in [0.29, 0.717) is 27.9 Å². The maximum absolute atomic E-state index is 12.8. The predicted molar refractivity (Wildman–Crippen MR) is 156 cm³/mol. The number of amides is 1. The van der Waals surface area contributed by atoms with Crippen LogP contribution in [0.1, 0.15) is 27.0 Å². The fourth-order valence-electron chi connectivity index (χ4n) is 3.22. The highest BCUT2D eigenvalue weighted by Gasteiger charge is 2.30. The number of amidine groups is 1. The summed E-state index contributed by atoms with van der Waals surface area (Å²) in [6.07, 6.45) is 1.83. The molecule has 1 N–H and O–H groups in total. The molecule has 0 aliphatic carbocycles. The summed E-state index contributed by atoms with van der Waals surface area (Å²) in [5.41, 5.74) is 3.18. The molecule has 0 bridgehead atoms. The Labute approximate surface area is 239 Å². The van der Waals surface area contributed by atoms with E-state index in [-0.39, 0.29) is 11.5 Å². The first-order valence-electron chi connectivity index (χ1n) is 10.5. The third-order valence-corrected chi connectivity index (χ3v) is 7.79. The minimum atomic E-state index is -1.00. The predicted octanol–water partition coefficient (Wildman–Crippen LogP) is 6.28. The van der Waals surface area contributed by atoms with E-state index in [2.05, 4.69) is 56.2 Å². The summed E-state index contributed by atoms with van der Waals surface area (Å²) in [6, 6.07) is 19.5. The van der Waals surface area contributed by atoms with Gasteiger partial charge in [-0.25, -0.2) is 9.79 Å². The van der Waals surface area contributed by atoms with Gasteiger partial charge in [-0.05, 0) is 123 Å². The molecule has 3 aromatic carbocycles. The number of carbonyl (C=O) groups excluding carboxylic acids is 1. The van der Waals surface area contributed by atoms with Gasteiger partial charge >= 0.3 is 5.97 Å². The standard InChI is InChI=1S/C26H17I2N3O4S/c1-31-24(32)22(36-26(31)30-19-8-6-18(7-9-19)25(33)34)12-17-10-20(27)23(21(28)11-17)35-14-16-4-2-15(13-29)3-5-16/h2-12H,14H2,1H3,(H,33,34)/b22-12+,30-26?. The largest absolute Gasteiger partial charge is 0.487 e. The van der Waals surface area contributed by atoms with Crippen LogP contribution < -0.4 is 4.74 Å². The van der Waals surface area contributed by atoms with Gasteiger partial charge in [-0.15, -0.1) is 0 Å². The molecule has 1 heterocycles. The number of carboxylic acid groups (broad SMARTS) is 1. The number of thioether (sulfide) groups is 1. The average Bonchev–Trinajstić information content (AvgIpc) is 3.11. The molecule has 180 valence electrons. The van der Waals surface area contributed by atoms with Crippen LogP contribution >= 0.6 is 56.9 Å². The number of ether oxygens (including phenoxy) is 1. The first-order chi connectivity index (χ1) is 17.2. The highest BCUT2D eigenvalue weighted by atomic mass is 127. The van der Waals surface area contributed by atoms with Crippen molar-refractivity contribution in [1.82, 2.24) is 4.90 Å². The lowest BCUT2D eigenvalue weighted by Gasteiger charge is -2.12. The van der Waals surface area contributed by atoms with Crippen molar-refractivity contribution in [2.75, 3.05) is 7.05 Å². The monoisotopic (exact) mass is 721 g/mol. The number of carbonyl (C=O) groups is 2. The van der Waals surface area contributed by atoms with Gasteiger partial charge in [-0.3, -0.25) is 9.69 Å². The zero-order valence-electron chi connectivity index (χ0n) is 18.7. The number of carboxylic acids is 1. The molecule has 0 unspecified atom stereocenters. The van der Waals surface area contributed by atoms with Gasteiger partial charge in [-0.2, -0.15) is 5.26 Å². The Balaban J connectivity index is 1.51. The molecule has 1 aliphatic rings. The highest BCUT2D eigenvalue weighted by molar-refractivity contribution is 14.1. The topological polar surface area (TPSA) is 103 Å². The second kappa shape index (κ2) is 11.4. The van der Waals surface area contributed by atoms with Gasteiger partial charge < -0.3 is 9.84 Å². The molecule has 1 fully saturated rings. The van der Waals surface area contributed by atoms with E-state index >= 15 is 0 Å². The number of rotatable bonds is 6. The van der Waals surface area contributed by atoms with Crippen molar-refractivity contribution in [3.8, 4) is 11.8 Å². The summed E-state index contributed by atoms with van der Waals surface area (Å²) in [4.78, 5) is 30.4. The van der Waals surface area contributed by atoms with E-state index in [4.69, 9.17) is 15.1 Å². The van der Waals surface area contributed by atoms with Crippen LogP contribution in [0.4, 0.5) is 5.69 Å². The Hall–Kier alpha value is -2.89. The molecule has 4 rings (SSSR count). The normalized spacial score (nSPS) is 15.4. The smallest absolute Gasteiger partial charge is 0.335 e. The SMILES string of the molecule is CN1C(=O)/C(=C\c2cc(I)c(OCc3ccc(C#N)cc3)c(I)c2)SC1=Nc1ccc(C(=O)O)cc1. The van der Waals surface area contributed by atoms with Crippen LogP contribution in [0.25, 0.3) is 6.08 Å². The summed E-state index contributed by atoms with van der Waals surface area (Å²) >= 11 is 5.70. The molecule has 36 heavy (non-hydrogen) atoms. The minimum Gasteiger partial charge on any atom is -0.487 e. The van der Waals surface area contributed by atoms with Gasteiger partial charge in [0.1, 0.15) is 12.4 Å². The van der Waals surface area contributed by atoms with Crippen LogP contribution in [-0.2, 0) is 11.4 Å². The number of likely N-dealkylation sites (N-methyl/N-ethyl adjacent to an activating group) is 1. The van der Waals surface area contributed by atoms with E-state index in [9.17, 15) is 9.59 Å². The van der Waals surface area contributed by atoms with E-state index in [1.165, 1.54) is 28.8 Å². The maximum atomic E-state index is 12.8. The molecule has 1 amide bonds. The van der Waals surface area contributed by atoms with Crippen molar-refractivity contribution in [1.29, 1.82) is 5.26 Å². The number of benzene rings is 3. The number of hydrogen-bond acceptors (Lipinski definition) is 6. The van der Waals surface area contributed by atoms with E-state index in [1.54, 1.807) is 31.3 Å². The summed E-state index contributed by atoms with van der Waals surface area (Å²) in [6.45, 7) is 0.380. The molecule has 3 aromatic rings. The van der Waals surface area contributed by atoms with E-state index in [1.807, 2.05) is 30.3 Å². The van der Waals surface area contributed by atoms with Crippen molar-refractivity contribution >= 4 is 85.8 Å². The minimum absolute atomic E-state index is 0.160. The Kier molecular flexibility index (Phi) is 8.32. The molecule has 0 atom stereocenters. The third-order valence-electron chi connectivity index (χ3n) is 5.13. The molecule has 1 aliphatic heterocycles. The lowest BCUT2D eigenvalue weighted by Crippen LogP contribution is -2.23. The van der Waals surface area contributed by atoms with Crippen molar-refractivity contribution in [2.24, 2.45) is 4.99 Å². The van der Waals surface area contributed by atoms with Gasteiger partial charge in [0.15, 0.2) is 5.17 Å². The summed E-state index contributed by atoms with van der Waals surface area (Å²) in [5, 5.41) is 18.5. The molecule has 0 aromatic heterocycles. The molecule has 1 saturated heterocycles. The van der Waals surface area contributed by atoms with Gasteiger partial charge in [0.2, 0.25) is 0 Å². The van der Waals surface area contributed by atoms with Crippen LogP contribution in [0.15, 0.2) is 70.6 Å². The summed E-state index contributed by atoms with van der Waals surface area (Å²) in [5.74, 6) is -0.402. The third kappa shape index (κ3) is 6.08. The lowest BCUT2D eigenvalue weighted by molar-refractivity contribution is -0.121. The molecule has 0 spiro atoms. The summed E-state index contributed by atoms with van der Waals surface area (Å²) < 4.78 is 7.87. The zero-order valence-corrected chi connectivity index (χ0v) is 23.9. The first-order valence-corrected chi connectivity index (χ1v) is 13.4. The van der Waals surface area contributed by atoms with Crippen molar-refractivity contribution in [3.05, 3.63) is 95.0 Å². The van der Waals surface area contributed by atoms with E-state index in [0.717, 1.165) is 24.0 Å². The number of nitrogens with zero attached hydrogens (tertiary/aromatic N) is 3. The Bertz CT molecular complexity index is 1420. The number of halogens is 2. The number of hydrogen-bond donors (Lipinski definition) is 1. The fourth-order valence-corrected chi connectivity index (χ4v) is 6.34. The first kappa shape index (κ1) is 26.2. The number of nitriles is 1. The molecular weight excluding hydrogens is 704 g/mol. The van der Waals surface area contributed by atoms with Gasteiger partial charge in [0.05, 0.1) is 34.9 Å². The molecule has 0 radical (unpaired) electrons. The second-order valence-corrected chi connectivity index (χ2v) is 11.0. The van der Waals surface area contributed by atoms with Crippen LogP contribution in [-0.4, -0.2) is 34.1 Å². The summed E-state index contributed by atoms with van der Waals surface area (Å²) in [7, 11) is 1.66. The molecular formula is C26H17I2N3O4S. The Morgan fingerprint density at radius 3 is 2.36 bits per heavy atom. The molecule has 7 nitrogen and oxygen atoms in total. The average molecular weight is 721 g/mol. The number of aliphatic imine (C=N–C) groups is 1. The van der Waals surface area contributed by atoms with Gasteiger partial charge in [0.25, 0.3) is 5.91 Å². The second-order valence-electron chi connectivity index (χ2n) is 7.63. The van der Waals surface area contributed by atoms with E-state index < -0.39 is 5.97 Å². The van der Waals surface area contributed by atoms with Gasteiger partial charge in [0, 0.05) is 7.05 Å². The molecule has 10 heteroatoms. The zero-order chi connectivity index (χ0) is 25.8.